The van der Waals surface area contributed by atoms with Gasteiger partial charge in [0.05, 0.1) is 11.6 Å². The van der Waals surface area contributed by atoms with Gasteiger partial charge in [-0.1, -0.05) is 20.8 Å². The zero-order valence-electron chi connectivity index (χ0n) is 12.4. The average molecular weight is 284 g/mol. The molecule has 0 bridgehead atoms. The molecule has 0 fully saturated rings. The van der Waals surface area contributed by atoms with Crippen LogP contribution in [0.4, 0.5) is 14.5 Å². The molecule has 3 nitrogen and oxygen atoms in total. The minimum absolute atomic E-state index is 0.0710. The molecule has 3 N–H and O–H groups in total. The second-order valence-electron chi connectivity index (χ2n) is 6.27. The maximum absolute atomic E-state index is 13.7. The molecule has 1 atom stereocenters. The van der Waals surface area contributed by atoms with Gasteiger partial charge in [0.15, 0.2) is 0 Å². The summed E-state index contributed by atoms with van der Waals surface area (Å²) < 4.78 is 27.1. The van der Waals surface area contributed by atoms with Crippen LogP contribution in [0.25, 0.3) is 0 Å². The molecule has 112 valence electrons. The Balaban J connectivity index is 2.86. The third kappa shape index (κ3) is 4.56. The van der Waals surface area contributed by atoms with Crippen molar-refractivity contribution in [3.8, 4) is 0 Å². The summed E-state index contributed by atoms with van der Waals surface area (Å²) >= 11 is 0. The van der Waals surface area contributed by atoms with Crippen LogP contribution in [0.3, 0.4) is 0 Å². The smallest absolute Gasteiger partial charge is 0.228 e. The zero-order valence-corrected chi connectivity index (χ0v) is 12.4. The van der Waals surface area contributed by atoms with Gasteiger partial charge in [0.2, 0.25) is 5.91 Å². The van der Waals surface area contributed by atoms with Gasteiger partial charge in [-0.2, -0.15) is 0 Å². The Bertz CT molecular complexity index is 495. The Morgan fingerprint density at radius 1 is 1.30 bits per heavy atom. The Hall–Kier alpha value is -1.49. The van der Waals surface area contributed by atoms with Crippen molar-refractivity contribution in [3.05, 3.63) is 29.3 Å². The number of nitrogens with two attached hydrogens (primary N) is 1. The van der Waals surface area contributed by atoms with Crippen LogP contribution >= 0.6 is 0 Å². The van der Waals surface area contributed by atoms with Crippen LogP contribution in [0, 0.1) is 29.9 Å². The van der Waals surface area contributed by atoms with E-state index in [2.05, 4.69) is 5.32 Å². The normalized spacial score (nSPS) is 13.2. The number of anilines is 1. The second-order valence-corrected chi connectivity index (χ2v) is 6.27. The number of nitrogens with one attached hydrogen (secondary N) is 1. The van der Waals surface area contributed by atoms with Gasteiger partial charge in [0, 0.05) is 12.6 Å². The molecule has 0 saturated heterocycles. The second kappa shape index (κ2) is 6.31. The summed E-state index contributed by atoms with van der Waals surface area (Å²) in [7, 11) is 0. The molecule has 1 aromatic rings. The lowest BCUT2D eigenvalue weighted by Crippen LogP contribution is -2.32. The molecular weight excluding hydrogens is 262 g/mol. The van der Waals surface area contributed by atoms with E-state index >= 15 is 0 Å². The molecule has 0 radical (unpaired) electrons. The molecule has 0 aliphatic carbocycles. The number of aryl methyl sites for hydroxylation is 1. The predicted octanol–water partition coefficient (Wildman–Crippen LogP) is 3.22. The van der Waals surface area contributed by atoms with Crippen molar-refractivity contribution in [3.63, 3.8) is 0 Å². The number of halogens is 2. The maximum Gasteiger partial charge on any atom is 0.228 e. The van der Waals surface area contributed by atoms with Crippen LogP contribution in [0.2, 0.25) is 0 Å². The highest BCUT2D eigenvalue weighted by atomic mass is 19.1. The summed E-state index contributed by atoms with van der Waals surface area (Å²) in [6.45, 7) is 7.62. The lowest BCUT2D eigenvalue weighted by molar-refractivity contribution is -0.120. The van der Waals surface area contributed by atoms with Crippen LogP contribution < -0.4 is 11.1 Å². The molecule has 0 aliphatic heterocycles. The highest BCUT2D eigenvalue weighted by Gasteiger charge is 2.24. The molecule has 0 saturated carbocycles. The minimum Gasteiger partial charge on any atom is -0.330 e. The molecule has 1 amide bonds. The van der Waals surface area contributed by atoms with Crippen molar-refractivity contribution >= 4 is 11.6 Å². The quantitative estimate of drug-likeness (QED) is 0.892. The van der Waals surface area contributed by atoms with Gasteiger partial charge in [-0.25, -0.2) is 8.78 Å². The first kappa shape index (κ1) is 16.6. The van der Waals surface area contributed by atoms with Gasteiger partial charge in [0.1, 0.15) is 11.6 Å². The molecule has 1 aromatic carbocycles. The lowest BCUT2D eigenvalue weighted by atomic mass is 9.84. The van der Waals surface area contributed by atoms with Crippen LogP contribution in [-0.2, 0) is 4.79 Å². The number of amides is 1. The van der Waals surface area contributed by atoms with Gasteiger partial charge >= 0.3 is 0 Å². The van der Waals surface area contributed by atoms with E-state index < -0.39 is 17.6 Å². The largest absolute Gasteiger partial charge is 0.330 e. The summed E-state index contributed by atoms with van der Waals surface area (Å²) in [5, 5.41) is 2.42. The third-order valence-corrected chi connectivity index (χ3v) is 3.02. The van der Waals surface area contributed by atoms with Gasteiger partial charge in [0.25, 0.3) is 0 Å². The average Bonchev–Trinajstić information content (AvgIpc) is 2.31. The first-order valence-electron chi connectivity index (χ1n) is 6.60. The molecule has 5 heteroatoms. The van der Waals surface area contributed by atoms with Crippen LogP contribution in [-0.4, -0.2) is 12.5 Å². The van der Waals surface area contributed by atoms with Crippen LogP contribution in [0.1, 0.15) is 32.8 Å². The van der Waals surface area contributed by atoms with Crippen LogP contribution in [0.5, 0.6) is 0 Å². The fraction of sp³-hybridized carbons (Fsp3) is 0.533. The molecule has 20 heavy (non-hydrogen) atoms. The van der Waals surface area contributed by atoms with Crippen LogP contribution in [0.15, 0.2) is 12.1 Å². The Morgan fingerprint density at radius 2 is 1.90 bits per heavy atom. The van der Waals surface area contributed by atoms with Crippen molar-refractivity contribution in [2.75, 3.05) is 11.9 Å². The van der Waals surface area contributed by atoms with Crippen molar-refractivity contribution in [1.29, 1.82) is 0 Å². The van der Waals surface area contributed by atoms with Crippen molar-refractivity contribution in [2.24, 2.45) is 17.1 Å². The summed E-state index contributed by atoms with van der Waals surface area (Å²) in [5.41, 5.74) is 5.58. The number of benzene rings is 1. The highest BCUT2D eigenvalue weighted by molar-refractivity contribution is 5.92. The SMILES string of the molecule is Cc1cc(F)c(NC(=O)C(CN)CC(C)(C)C)cc1F. The molecule has 0 heterocycles. The molecule has 0 aliphatic rings. The maximum atomic E-state index is 13.7. The van der Waals surface area contributed by atoms with E-state index in [0.29, 0.717) is 6.42 Å². The molecule has 0 aromatic heterocycles. The molecular formula is C15H22F2N2O. The fourth-order valence-electron chi connectivity index (χ4n) is 2.00. The van der Waals surface area contributed by atoms with E-state index in [1.807, 2.05) is 20.8 Å². The molecule has 1 unspecified atom stereocenters. The zero-order chi connectivity index (χ0) is 15.5. The first-order chi connectivity index (χ1) is 9.14. The third-order valence-electron chi connectivity index (χ3n) is 3.02. The Labute approximate surface area is 118 Å². The van der Waals surface area contributed by atoms with Gasteiger partial charge in [-0.05, 0) is 30.4 Å². The van der Waals surface area contributed by atoms with E-state index in [1.165, 1.54) is 6.92 Å². The topological polar surface area (TPSA) is 55.1 Å². The monoisotopic (exact) mass is 284 g/mol. The summed E-state index contributed by atoms with van der Waals surface area (Å²) in [4.78, 5) is 12.1. The summed E-state index contributed by atoms with van der Waals surface area (Å²) in [6, 6.07) is 2.05. The number of hydrogen-bond donors (Lipinski definition) is 2. The number of carbonyl (C=O) groups is 1. The van der Waals surface area contributed by atoms with E-state index in [0.717, 1.165) is 12.1 Å². The van der Waals surface area contributed by atoms with E-state index in [1.54, 1.807) is 0 Å². The first-order valence-corrected chi connectivity index (χ1v) is 6.60. The molecule has 0 spiro atoms. The predicted molar refractivity (Wildman–Crippen MR) is 76.3 cm³/mol. The van der Waals surface area contributed by atoms with Crippen molar-refractivity contribution < 1.29 is 13.6 Å². The highest BCUT2D eigenvalue weighted by Crippen LogP contribution is 2.26. The van der Waals surface area contributed by atoms with Gasteiger partial charge in [-0.15, -0.1) is 0 Å². The number of hydrogen-bond acceptors (Lipinski definition) is 2. The number of rotatable bonds is 4. The van der Waals surface area contributed by atoms with Gasteiger partial charge in [-0.3, -0.25) is 4.79 Å². The van der Waals surface area contributed by atoms with E-state index in [4.69, 9.17) is 5.73 Å². The minimum atomic E-state index is -0.649. The van der Waals surface area contributed by atoms with E-state index in [-0.39, 0.29) is 29.1 Å². The van der Waals surface area contributed by atoms with Crippen molar-refractivity contribution in [1.82, 2.24) is 0 Å². The standard InChI is InChI=1S/C15H22F2N2O/c1-9-5-12(17)13(6-11(9)16)19-14(20)10(8-18)7-15(2,3)4/h5-6,10H,7-8,18H2,1-4H3,(H,19,20). The summed E-state index contributed by atoms with van der Waals surface area (Å²) in [6.07, 6.45) is 0.575. The fourth-order valence-corrected chi connectivity index (χ4v) is 2.00. The Morgan fingerprint density at radius 3 is 2.40 bits per heavy atom. The Kier molecular flexibility index (Phi) is 5.22. The van der Waals surface area contributed by atoms with E-state index in [9.17, 15) is 13.6 Å². The number of carbonyl (C=O) groups excluding carboxylic acids is 1. The molecule has 1 rings (SSSR count). The summed E-state index contributed by atoms with van der Waals surface area (Å²) in [5.74, 6) is -2.02. The van der Waals surface area contributed by atoms with Gasteiger partial charge < -0.3 is 11.1 Å². The lowest BCUT2D eigenvalue weighted by Gasteiger charge is -2.24. The van der Waals surface area contributed by atoms with Crippen molar-refractivity contribution in [2.45, 2.75) is 34.1 Å².